The maximum Gasteiger partial charge on any atom is 0.315 e. The van der Waals surface area contributed by atoms with E-state index < -0.39 is 0 Å². The molecule has 0 radical (unpaired) electrons. The number of hydrogen-bond acceptors (Lipinski definition) is 2. The molecular formula is C15H22ClN3O. The molecule has 5 heteroatoms. The number of carbonyl (C=O) groups excluding carboxylic acids is 1. The predicted octanol–water partition coefficient (Wildman–Crippen LogP) is 2.58. The Hall–Kier alpha value is -1.26. The molecule has 0 bridgehead atoms. The fourth-order valence-electron chi connectivity index (χ4n) is 2.24. The van der Waals surface area contributed by atoms with Gasteiger partial charge in [-0.1, -0.05) is 23.7 Å². The molecule has 1 aromatic rings. The Bertz CT molecular complexity index is 455. The number of amides is 2. The van der Waals surface area contributed by atoms with Crippen LogP contribution in [0.15, 0.2) is 24.3 Å². The third-order valence-corrected chi connectivity index (χ3v) is 3.82. The van der Waals surface area contributed by atoms with E-state index in [1.54, 1.807) is 0 Å². The Kier molecular flexibility index (Phi) is 4.89. The van der Waals surface area contributed by atoms with Crippen molar-refractivity contribution in [1.82, 2.24) is 15.5 Å². The molecule has 0 spiro atoms. The highest BCUT2D eigenvalue weighted by Gasteiger charge is 2.45. The van der Waals surface area contributed by atoms with Gasteiger partial charge in [-0.2, -0.15) is 0 Å². The largest absolute Gasteiger partial charge is 0.338 e. The van der Waals surface area contributed by atoms with Crippen LogP contribution in [0.3, 0.4) is 0 Å². The van der Waals surface area contributed by atoms with E-state index >= 15 is 0 Å². The summed E-state index contributed by atoms with van der Waals surface area (Å²) in [6, 6.07) is 7.63. The van der Waals surface area contributed by atoms with Crippen LogP contribution in [0.5, 0.6) is 0 Å². The quantitative estimate of drug-likeness (QED) is 0.792. The lowest BCUT2D eigenvalue weighted by molar-refractivity contribution is 0.235. The standard InChI is InChI=1S/C15H22ClN3O/c1-19(2)11-3-10-17-14(20)18-15(8-9-15)12-4-6-13(16)7-5-12/h4-7H,3,8-11H2,1-2H3,(H2,17,18,20). The molecule has 110 valence electrons. The molecule has 1 aliphatic rings. The lowest BCUT2D eigenvalue weighted by atomic mass is 10.1. The molecule has 0 aromatic heterocycles. The van der Waals surface area contributed by atoms with Crippen molar-refractivity contribution < 1.29 is 4.79 Å². The fraction of sp³-hybridized carbons (Fsp3) is 0.533. The number of rotatable bonds is 6. The first-order valence-electron chi connectivity index (χ1n) is 6.99. The van der Waals surface area contributed by atoms with Gasteiger partial charge in [0.05, 0.1) is 5.54 Å². The van der Waals surface area contributed by atoms with Crippen molar-refractivity contribution in [3.05, 3.63) is 34.9 Å². The Morgan fingerprint density at radius 3 is 2.50 bits per heavy atom. The summed E-state index contributed by atoms with van der Waals surface area (Å²) in [6.07, 6.45) is 2.92. The summed E-state index contributed by atoms with van der Waals surface area (Å²) in [7, 11) is 4.06. The number of halogens is 1. The lowest BCUT2D eigenvalue weighted by Gasteiger charge is -2.19. The van der Waals surface area contributed by atoms with Gasteiger partial charge in [-0.3, -0.25) is 0 Å². The number of urea groups is 1. The van der Waals surface area contributed by atoms with Gasteiger partial charge in [-0.25, -0.2) is 4.79 Å². The van der Waals surface area contributed by atoms with E-state index in [0.717, 1.165) is 36.4 Å². The zero-order valence-corrected chi connectivity index (χ0v) is 12.8. The van der Waals surface area contributed by atoms with Gasteiger partial charge < -0.3 is 15.5 Å². The van der Waals surface area contributed by atoms with Gasteiger partial charge in [-0.15, -0.1) is 0 Å². The normalized spacial score (nSPS) is 16.0. The lowest BCUT2D eigenvalue weighted by Crippen LogP contribution is -2.42. The second-order valence-corrected chi connectivity index (χ2v) is 6.06. The maximum absolute atomic E-state index is 11.9. The molecule has 2 rings (SSSR count). The van der Waals surface area contributed by atoms with Crippen LogP contribution < -0.4 is 10.6 Å². The SMILES string of the molecule is CN(C)CCCNC(=O)NC1(c2ccc(Cl)cc2)CC1. The van der Waals surface area contributed by atoms with Crippen molar-refractivity contribution in [2.45, 2.75) is 24.8 Å². The molecule has 0 heterocycles. The summed E-state index contributed by atoms with van der Waals surface area (Å²) in [5, 5.41) is 6.72. The average Bonchev–Trinajstić information content (AvgIpc) is 3.16. The monoisotopic (exact) mass is 295 g/mol. The van der Waals surface area contributed by atoms with E-state index in [0.29, 0.717) is 6.54 Å². The number of nitrogens with one attached hydrogen (secondary N) is 2. The van der Waals surface area contributed by atoms with E-state index in [2.05, 4.69) is 15.5 Å². The minimum Gasteiger partial charge on any atom is -0.338 e. The molecule has 2 amide bonds. The van der Waals surface area contributed by atoms with Crippen molar-refractivity contribution in [2.75, 3.05) is 27.2 Å². The van der Waals surface area contributed by atoms with Gasteiger partial charge >= 0.3 is 6.03 Å². The number of benzene rings is 1. The first-order chi connectivity index (χ1) is 9.52. The number of hydrogen-bond donors (Lipinski definition) is 2. The zero-order chi connectivity index (χ0) is 14.6. The predicted molar refractivity (Wildman–Crippen MR) is 82.1 cm³/mol. The van der Waals surface area contributed by atoms with Crippen molar-refractivity contribution in [3.8, 4) is 0 Å². The van der Waals surface area contributed by atoms with E-state index in [-0.39, 0.29) is 11.6 Å². The highest BCUT2D eigenvalue weighted by Crippen LogP contribution is 2.45. The summed E-state index contributed by atoms with van der Waals surface area (Å²) in [4.78, 5) is 14.0. The molecular weight excluding hydrogens is 274 g/mol. The third-order valence-electron chi connectivity index (χ3n) is 3.57. The Morgan fingerprint density at radius 1 is 1.30 bits per heavy atom. The topological polar surface area (TPSA) is 44.4 Å². The fourth-order valence-corrected chi connectivity index (χ4v) is 2.36. The average molecular weight is 296 g/mol. The summed E-state index contributed by atoms with van der Waals surface area (Å²) in [6.45, 7) is 1.67. The molecule has 1 aliphatic carbocycles. The zero-order valence-electron chi connectivity index (χ0n) is 12.1. The van der Waals surface area contributed by atoms with Crippen LogP contribution in [0.25, 0.3) is 0 Å². The highest BCUT2D eigenvalue weighted by atomic mass is 35.5. The summed E-state index contributed by atoms with van der Waals surface area (Å²) in [5.41, 5.74) is 0.946. The van der Waals surface area contributed by atoms with Crippen molar-refractivity contribution >= 4 is 17.6 Å². The Labute approximate surface area is 125 Å². The van der Waals surface area contributed by atoms with Gasteiger partial charge in [0, 0.05) is 11.6 Å². The molecule has 0 saturated heterocycles. The van der Waals surface area contributed by atoms with Crippen LogP contribution in [-0.2, 0) is 5.54 Å². The number of carbonyl (C=O) groups is 1. The van der Waals surface area contributed by atoms with Crippen LogP contribution in [-0.4, -0.2) is 38.1 Å². The second kappa shape index (κ2) is 6.46. The minimum absolute atomic E-state index is 0.0868. The van der Waals surface area contributed by atoms with Crippen LogP contribution >= 0.6 is 11.6 Å². The molecule has 1 aromatic carbocycles. The van der Waals surface area contributed by atoms with Crippen LogP contribution in [0.1, 0.15) is 24.8 Å². The third kappa shape index (κ3) is 4.12. The van der Waals surface area contributed by atoms with E-state index in [9.17, 15) is 4.79 Å². The molecule has 4 nitrogen and oxygen atoms in total. The van der Waals surface area contributed by atoms with Crippen molar-refractivity contribution in [1.29, 1.82) is 0 Å². The van der Waals surface area contributed by atoms with E-state index in [1.807, 2.05) is 38.4 Å². The number of nitrogens with zero attached hydrogens (tertiary/aromatic N) is 1. The van der Waals surface area contributed by atoms with Crippen molar-refractivity contribution in [3.63, 3.8) is 0 Å². The molecule has 1 fully saturated rings. The van der Waals surface area contributed by atoms with Crippen LogP contribution in [0, 0.1) is 0 Å². The summed E-state index contributed by atoms with van der Waals surface area (Å²) < 4.78 is 0. The smallest absolute Gasteiger partial charge is 0.315 e. The maximum atomic E-state index is 11.9. The van der Waals surface area contributed by atoms with Gasteiger partial charge in [-0.05, 0) is 57.6 Å². The molecule has 1 saturated carbocycles. The van der Waals surface area contributed by atoms with Gasteiger partial charge in [0.1, 0.15) is 0 Å². The van der Waals surface area contributed by atoms with Gasteiger partial charge in [0.2, 0.25) is 0 Å². The first kappa shape index (κ1) is 15.1. The van der Waals surface area contributed by atoms with Gasteiger partial charge in [0.15, 0.2) is 0 Å². The van der Waals surface area contributed by atoms with Gasteiger partial charge in [0.25, 0.3) is 0 Å². The van der Waals surface area contributed by atoms with Crippen LogP contribution in [0.2, 0.25) is 5.02 Å². The molecule has 20 heavy (non-hydrogen) atoms. The molecule has 0 atom stereocenters. The summed E-state index contributed by atoms with van der Waals surface area (Å²) in [5.74, 6) is 0. The Balaban J connectivity index is 1.80. The first-order valence-corrected chi connectivity index (χ1v) is 7.36. The molecule has 2 N–H and O–H groups in total. The Morgan fingerprint density at radius 2 is 1.95 bits per heavy atom. The van der Waals surface area contributed by atoms with Crippen LogP contribution in [0.4, 0.5) is 4.79 Å². The van der Waals surface area contributed by atoms with E-state index in [4.69, 9.17) is 11.6 Å². The van der Waals surface area contributed by atoms with E-state index in [1.165, 1.54) is 0 Å². The molecule has 0 aliphatic heterocycles. The molecule has 0 unspecified atom stereocenters. The minimum atomic E-state index is -0.184. The summed E-state index contributed by atoms with van der Waals surface area (Å²) >= 11 is 5.89. The van der Waals surface area contributed by atoms with Crippen molar-refractivity contribution in [2.24, 2.45) is 0 Å². The highest BCUT2D eigenvalue weighted by molar-refractivity contribution is 6.30. The second-order valence-electron chi connectivity index (χ2n) is 5.63.